The number of rotatable bonds is 11. The number of para-hydroxylation sites is 1. The second kappa shape index (κ2) is 12.4. The van der Waals surface area contributed by atoms with Gasteiger partial charge >= 0.3 is 18.2 Å². The van der Waals surface area contributed by atoms with Crippen molar-refractivity contribution in [3.05, 3.63) is 54.4 Å². The number of hydrogen-bond acceptors (Lipinski definition) is 7. The van der Waals surface area contributed by atoms with Gasteiger partial charge in [-0.15, -0.1) is 0 Å². The van der Waals surface area contributed by atoms with Crippen LogP contribution in [0.3, 0.4) is 0 Å². The third-order valence-electron chi connectivity index (χ3n) is 4.92. The maximum Gasteiger partial charge on any atom is 0.423 e. The van der Waals surface area contributed by atoms with Gasteiger partial charge in [0.25, 0.3) is 0 Å². The summed E-state index contributed by atoms with van der Waals surface area (Å²) in [5, 5.41) is 21.9. The number of carboxylic acid groups (broad SMARTS) is 1. The van der Waals surface area contributed by atoms with Crippen LogP contribution in [0.25, 0.3) is 0 Å². The molecule has 0 spiro atoms. The minimum Gasteiger partial charge on any atom is -0.480 e. The molecular weight excluding hydrogens is 517 g/mol. The first-order chi connectivity index (χ1) is 17.1. The highest BCUT2D eigenvalue weighted by Gasteiger charge is 2.55. The molecule has 2 aromatic rings. The minimum atomic E-state index is -5.13. The van der Waals surface area contributed by atoms with Crippen LogP contribution < -0.4 is 10.1 Å². The summed E-state index contributed by atoms with van der Waals surface area (Å²) in [6.45, 7) is 4.74. The fraction of sp³-hybridized carbons (Fsp3) is 0.458. The highest BCUT2D eigenvalue weighted by molar-refractivity contribution is 7.84. The molecule has 3 N–H and O–H groups in total. The molecule has 1 heterocycles. The average Bonchev–Trinajstić information content (AvgIpc) is 2.79. The summed E-state index contributed by atoms with van der Waals surface area (Å²) in [6, 6.07) is 9.22. The summed E-state index contributed by atoms with van der Waals surface area (Å²) in [7, 11) is -1.94. The van der Waals surface area contributed by atoms with Crippen LogP contribution in [-0.4, -0.2) is 60.8 Å². The standard InChI is InChI=1S/C24H29F3N2O7S/c1-22(2,3)36-21(32)29-18(20(30)31)11-13-37(34)14-12-23(33,24(25,26)27)19-10-9-17(15-28-19)35-16-7-5-4-6-8-16/h4-10,15,18,33H,11-14H2,1-3H3,(H,29,32)(H,30,31). The lowest BCUT2D eigenvalue weighted by atomic mass is 9.95. The zero-order valence-corrected chi connectivity index (χ0v) is 21.3. The van der Waals surface area contributed by atoms with Crippen molar-refractivity contribution in [3.8, 4) is 11.5 Å². The lowest BCUT2D eigenvalue weighted by Gasteiger charge is -2.30. The number of nitrogens with one attached hydrogen (secondary N) is 1. The highest BCUT2D eigenvalue weighted by Crippen LogP contribution is 2.41. The fourth-order valence-corrected chi connectivity index (χ4v) is 4.27. The van der Waals surface area contributed by atoms with Gasteiger partial charge in [0.05, 0.1) is 11.9 Å². The number of ether oxygens (including phenoxy) is 2. The van der Waals surface area contributed by atoms with Crippen molar-refractivity contribution in [2.45, 2.75) is 57.0 Å². The van der Waals surface area contributed by atoms with E-state index in [0.29, 0.717) is 5.75 Å². The number of alkyl carbamates (subject to hydrolysis) is 1. The Labute approximate surface area is 214 Å². The molecule has 0 aliphatic heterocycles. The second-order valence-corrected chi connectivity index (χ2v) is 10.8. The van der Waals surface area contributed by atoms with Crippen molar-refractivity contribution in [2.75, 3.05) is 11.5 Å². The Balaban J connectivity index is 2.02. The molecule has 2 rings (SSSR count). The molecular formula is C24H29F3N2O7S. The molecule has 0 aliphatic carbocycles. The molecule has 1 amide bonds. The minimum absolute atomic E-state index is 0.153. The van der Waals surface area contributed by atoms with Gasteiger partial charge in [-0.1, -0.05) is 18.2 Å². The Morgan fingerprint density at radius 3 is 2.22 bits per heavy atom. The maximum atomic E-state index is 13.8. The Hall–Kier alpha value is -3.19. The zero-order valence-electron chi connectivity index (χ0n) is 20.4. The number of aliphatic carboxylic acids is 1. The smallest absolute Gasteiger partial charge is 0.423 e. The first-order valence-electron chi connectivity index (χ1n) is 11.2. The van der Waals surface area contributed by atoms with Gasteiger partial charge in [-0.25, -0.2) is 9.59 Å². The van der Waals surface area contributed by atoms with Crippen molar-refractivity contribution < 1.29 is 46.7 Å². The first kappa shape index (κ1) is 30.0. The van der Waals surface area contributed by atoms with Crippen LogP contribution in [0.4, 0.5) is 18.0 Å². The quantitative estimate of drug-likeness (QED) is 0.383. The molecule has 0 bridgehead atoms. The molecule has 204 valence electrons. The van der Waals surface area contributed by atoms with Gasteiger partial charge in [0.2, 0.25) is 5.60 Å². The SMILES string of the molecule is CC(C)(C)OC(=O)NC(CCS(=O)CCC(O)(c1ccc(Oc2ccccc2)cn1)C(F)(F)F)C(=O)O. The largest absolute Gasteiger partial charge is 0.480 e. The molecule has 0 aliphatic rings. The number of hydrogen-bond donors (Lipinski definition) is 3. The molecule has 1 aromatic carbocycles. The van der Waals surface area contributed by atoms with E-state index >= 15 is 0 Å². The monoisotopic (exact) mass is 546 g/mol. The summed E-state index contributed by atoms with van der Waals surface area (Å²) in [5.41, 5.74) is -4.97. The van der Waals surface area contributed by atoms with E-state index in [1.807, 2.05) is 0 Å². The van der Waals surface area contributed by atoms with Crippen LogP contribution in [0, 0.1) is 0 Å². The molecule has 0 radical (unpaired) electrons. The van der Waals surface area contributed by atoms with E-state index in [2.05, 4.69) is 10.3 Å². The molecule has 0 fully saturated rings. The van der Waals surface area contributed by atoms with Gasteiger partial charge < -0.3 is 25.0 Å². The molecule has 0 saturated heterocycles. The number of carboxylic acids is 1. The number of carbonyl (C=O) groups excluding carboxylic acids is 1. The van der Waals surface area contributed by atoms with E-state index < -0.39 is 64.1 Å². The van der Waals surface area contributed by atoms with Crippen LogP contribution in [-0.2, 0) is 25.9 Å². The number of halogens is 3. The van der Waals surface area contributed by atoms with Crippen LogP contribution in [0.15, 0.2) is 48.7 Å². The van der Waals surface area contributed by atoms with E-state index in [0.717, 1.165) is 12.3 Å². The number of aliphatic hydroxyl groups is 1. The van der Waals surface area contributed by atoms with Crippen molar-refractivity contribution in [1.29, 1.82) is 0 Å². The van der Waals surface area contributed by atoms with Gasteiger partial charge in [0, 0.05) is 28.7 Å². The Morgan fingerprint density at radius 1 is 1.05 bits per heavy atom. The van der Waals surface area contributed by atoms with Gasteiger partial charge in [-0.05, 0) is 51.5 Å². The van der Waals surface area contributed by atoms with Crippen molar-refractivity contribution in [2.24, 2.45) is 0 Å². The summed E-state index contributed by atoms with van der Waals surface area (Å²) in [4.78, 5) is 27.0. The predicted molar refractivity (Wildman–Crippen MR) is 129 cm³/mol. The molecule has 13 heteroatoms. The number of benzene rings is 1. The third kappa shape index (κ3) is 9.32. The molecule has 0 saturated carbocycles. The molecule has 9 nitrogen and oxygen atoms in total. The lowest BCUT2D eigenvalue weighted by Crippen LogP contribution is -2.45. The molecule has 3 unspecified atom stereocenters. The average molecular weight is 547 g/mol. The van der Waals surface area contributed by atoms with Gasteiger partial charge in [-0.3, -0.25) is 9.19 Å². The third-order valence-corrected chi connectivity index (χ3v) is 6.27. The van der Waals surface area contributed by atoms with Gasteiger partial charge in [0.15, 0.2) is 0 Å². The van der Waals surface area contributed by atoms with Crippen LogP contribution in [0.2, 0.25) is 0 Å². The van der Waals surface area contributed by atoms with E-state index in [9.17, 15) is 37.2 Å². The predicted octanol–water partition coefficient (Wildman–Crippen LogP) is 4.13. The van der Waals surface area contributed by atoms with Crippen molar-refractivity contribution in [3.63, 3.8) is 0 Å². The van der Waals surface area contributed by atoms with Crippen molar-refractivity contribution in [1.82, 2.24) is 10.3 Å². The normalized spacial score (nSPS) is 15.2. The summed E-state index contributed by atoms with van der Waals surface area (Å²) in [6.07, 6.45) is -6.39. The number of carbonyl (C=O) groups is 2. The van der Waals surface area contributed by atoms with Crippen LogP contribution in [0.1, 0.15) is 39.3 Å². The number of pyridine rings is 1. The Bertz CT molecular complexity index is 1080. The molecule has 37 heavy (non-hydrogen) atoms. The van der Waals surface area contributed by atoms with E-state index in [1.54, 1.807) is 51.1 Å². The van der Waals surface area contributed by atoms with Crippen LogP contribution >= 0.6 is 0 Å². The summed E-state index contributed by atoms with van der Waals surface area (Å²) >= 11 is 0. The van der Waals surface area contributed by atoms with Gasteiger partial charge in [-0.2, -0.15) is 13.2 Å². The fourth-order valence-electron chi connectivity index (χ4n) is 3.05. The second-order valence-electron chi connectivity index (χ2n) is 9.08. The number of nitrogens with zero attached hydrogens (tertiary/aromatic N) is 1. The topological polar surface area (TPSA) is 135 Å². The van der Waals surface area contributed by atoms with E-state index in [1.165, 1.54) is 6.07 Å². The van der Waals surface area contributed by atoms with Crippen molar-refractivity contribution >= 4 is 22.9 Å². The van der Waals surface area contributed by atoms with E-state index in [4.69, 9.17) is 9.47 Å². The Morgan fingerprint density at radius 2 is 1.70 bits per heavy atom. The number of amides is 1. The van der Waals surface area contributed by atoms with Gasteiger partial charge in [0.1, 0.15) is 23.1 Å². The molecule has 1 aromatic heterocycles. The summed E-state index contributed by atoms with van der Waals surface area (Å²) < 4.78 is 64.4. The highest BCUT2D eigenvalue weighted by atomic mass is 32.2. The summed E-state index contributed by atoms with van der Waals surface area (Å²) in [5.74, 6) is -1.76. The first-order valence-corrected chi connectivity index (χ1v) is 12.7. The maximum absolute atomic E-state index is 13.8. The van der Waals surface area contributed by atoms with Crippen LogP contribution in [0.5, 0.6) is 11.5 Å². The Kier molecular flexibility index (Phi) is 10.0. The number of alkyl halides is 3. The van der Waals surface area contributed by atoms with E-state index in [-0.39, 0.29) is 17.9 Å². The molecule has 3 atom stereocenters. The number of aromatic nitrogens is 1. The lowest BCUT2D eigenvalue weighted by molar-refractivity contribution is -0.268. The zero-order chi connectivity index (χ0) is 27.9.